The molecule has 2 heteroatoms. The van der Waals surface area contributed by atoms with Crippen LogP contribution >= 0.6 is 0 Å². The van der Waals surface area contributed by atoms with Crippen LogP contribution in [-0.4, -0.2) is 30.1 Å². The summed E-state index contributed by atoms with van der Waals surface area (Å²) in [5.41, 5.74) is 6.23. The van der Waals surface area contributed by atoms with E-state index in [1.54, 1.807) is 0 Å². The molecule has 0 radical (unpaired) electrons. The Labute approximate surface area is 95.2 Å². The minimum absolute atomic E-state index is 0.394. The molecule has 0 heterocycles. The molecule has 90 valence electrons. The second-order valence-electron chi connectivity index (χ2n) is 5.45. The van der Waals surface area contributed by atoms with Crippen molar-refractivity contribution >= 4 is 0 Å². The molecule has 0 saturated heterocycles. The monoisotopic (exact) mass is 212 g/mol. The predicted octanol–water partition coefficient (Wildman–Crippen LogP) is 2.62. The number of hydrogen-bond donors (Lipinski definition) is 1. The van der Waals surface area contributed by atoms with Gasteiger partial charge in [-0.15, -0.1) is 0 Å². The van der Waals surface area contributed by atoms with Crippen LogP contribution in [0.3, 0.4) is 0 Å². The molecule has 0 aromatic carbocycles. The van der Waals surface area contributed by atoms with E-state index in [-0.39, 0.29) is 0 Å². The second kappa shape index (κ2) is 5.86. The molecular formula is C13H28N2. The molecule has 1 aliphatic carbocycles. The van der Waals surface area contributed by atoms with Gasteiger partial charge in [-0.2, -0.15) is 0 Å². The van der Waals surface area contributed by atoms with Crippen molar-refractivity contribution in [2.45, 2.75) is 71.0 Å². The van der Waals surface area contributed by atoms with E-state index in [4.69, 9.17) is 5.73 Å². The molecule has 1 fully saturated rings. The summed E-state index contributed by atoms with van der Waals surface area (Å²) in [6, 6.07) is 1.68. The first kappa shape index (κ1) is 13.0. The van der Waals surface area contributed by atoms with Crippen molar-refractivity contribution in [1.29, 1.82) is 0 Å². The highest BCUT2D eigenvalue weighted by molar-refractivity contribution is 4.88. The summed E-state index contributed by atoms with van der Waals surface area (Å²) in [5.74, 6) is 0.853. The highest BCUT2D eigenvalue weighted by Crippen LogP contribution is 2.27. The Bertz CT molecular complexity index is 181. The number of rotatable bonds is 4. The zero-order valence-corrected chi connectivity index (χ0v) is 10.9. The Kier molecular flexibility index (Phi) is 5.07. The van der Waals surface area contributed by atoms with Crippen molar-refractivity contribution in [2.75, 3.05) is 7.05 Å². The van der Waals surface area contributed by atoms with Gasteiger partial charge in [0.05, 0.1) is 0 Å². The summed E-state index contributed by atoms with van der Waals surface area (Å²) >= 11 is 0. The quantitative estimate of drug-likeness (QED) is 0.776. The summed E-state index contributed by atoms with van der Waals surface area (Å²) in [4.78, 5) is 2.52. The number of hydrogen-bond acceptors (Lipinski definition) is 2. The van der Waals surface area contributed by atoms with Gasteiger partial charge in [0.15, 0.2) is 0 Å². The van der Waals surface area contributed by atoms with Crippen molar-refractivity contribution in [3.63, 3.8) is 0 Å². The summed E-state index contributed by atoms with van der Waals surface area (Å²) in [6.07, 6.45) is 6.35. The Morgan fingerprint density at radius 3 is 2.67 bits per heavy atom. The van der Waals surface area contributed by atoms with E-state index in [2.05, 4.69) is 32.7 Å². The van der Waals surface area contributed by atoms with Gasteiger partial charge in [-0.3, -0.25) is 4.90 Å². The molecule has 0 aliphatic heterocycles. The fourth-order valence-electron chi connectivity index (χ4n) is 2.79. The highest BCUT2D eigenvalue weighted by Gasteiger charge is 2.30. The van der Waals surface area contributed by atoms with E-state index < -0.39 is 0 Å². The summed E-state index contributed by atoms with van der Waals surface area (Å²) < 4.78 is 0. The maximum atomic E-state index is 6.23. The lowest BCUT2D eigenvalue weighted by atomic mass is 9.82. The second-order valence-corrected chi connectivity index (χ2v) is 5.45. The normalized spacial score (nSPS) is 34.4. The first-order valence-electron chi connectivity index (χ1n) is 6.53. The van der Waals surface area contributed by atoms with Crippen LogP contribution in [0.4, 0.5) is 0 Å². The van der Waals surface area contributed by atoms with Crippen LogP contribution in [-0.2, 0) is 0 Å². The molecule has 1 rings (SSSR count). The van der Waals surface area contributed by atoms with E-state index >= 15 is 0 Å². The predicted molar refractivity (Wildman–Crippen MR) is 66.9 cm³/mol. The Balaban J connectivity index is 2.51. The van der Waals surface area contributed by atoms with Gasteiger partial charge in [0, 0.05) is 18.1 Å². The molecule has 1 saturated carbocycles. The molecule has 1 aliphatic rings. The lowest BCUT2D eigenvalue weighted by Crippen LogP contribution is -2.52. The average molecular weight is 212 g/mol. The molecule has 0 aromatic heterocycles. The van der Waals surface area contributed by atoms with Crippen molar-refractivity contribution in [3.05, 3.63) is 0 Å². The van der Waals surface area contributed by atoms with Gasteiger partial charge < -0.3 is 5.73 Å². The Hall–Kier alpha value is -0.0800. The van der Waals surface area contributed by atoms with Gasteiger partial charge in [-0.1, -0.05) is 20.3 Å². The van der Waals surface area contributed by atoms with E-state index in [9.17, 15) is 0 Å². The minimum Gasteiger partial charge on any atom is -0.326 e. The molecule has 15 heavy (non-hydrogen) atoms. The van der Waals surface area contributed by atoms with Gasteiger partial charge in [0.2, 0.25) is 0 Å². The molecule has 4 atom stereocenters. The highest BCUT2D eigenvalue weighted by atomic mass is 15.2. The zero-order chi connectivity index (χ0) is 11.4. The maximum Gasteiger partial charge on any atom is 0.0249 e. The molecule has 0 amide bonds. The van der Waals surface area contributed by atoms with Crippen molar-refractivity contribution < 1.29 is 0 Å². The van der Waals surface area contributed by atoms with Gasteiger partial charge in [-0.25, -0.2) is 0 Å². The third-order valence-electron chi connectivity index (χ3n) is 4.06. The van der Waals surface area contributed by atoms with Crippen molar-refractivity contribution in [3.8, 4) is 0 Å². The Morgan fingerprint density at radius 2 is 2.07 bits per heavy atom. The van der Waals surface area contributed by atoms with Gasteiger partial charge in [0.25, 0.3) is 0 Å². The van der Waals surface area contributed by atoms with Crippen molar-refractivity contribution in [1.82, 2.24) is 4.90 Å². The zero-order valence-electron chi connectivity index (χ0n) is 10.9. The molecule has 0 aromatic rings. The standard InChI is InChI=1S/C13H28N2/c1-5-6-11(3)15(4)13-9-10(2)7-8-12(13)14/h10-13H,5-9,14H2,1-4H3. The number of nitrogens with two attached hydrogens (primary N) is 1. The van der Waals surface area contributed by atoms with Gasteiger partial charge in [-0.05, 0) is 45.6 Å². The van der Waals surface area contributed by atoms with Crippen LogP contribution in [0.15, 0.2) is 0 Å². The third kappa shape index (κ3) is 3.46. The fraction of sp³-hybridized carbons (Fsp3) is 1.00. The molecule has 2 nitrogen and oxygen atoms in total. The Morgan fingerprint density at radius 1 is 1.40 bits per heavy atom. The van der Waals surface area contributed by atoms with Crippen molar-refractivity contribution in [2.24, 2.45) is 11.7 Å². The smallest absolute Gasteiger partial charge is 0.0249 e. The summed E-state index contributed by atoms with van der Waals surface area (Å²) in [7, 11) is 2.25. The van der Waals surface area contributed by atoms with E-state index in [1.807, 2.05) is 0 Å². The number of nitrogens with zero attached hydrogens (tertiary/aromatic N) is 1. The maximum absolute atomic E-state index is 6.23. The average Bonchev–Trinajstić information content (AvgIpc) is 2.21. The largest absolute Gasteiger partial charge is 0.326 e. The van der Waals surface area contributed by atoms with Gasteiger partial charge in [0.1, 0.15) is 0 Å². The van der Waals surface area contributed by atoms with Crippen LogP contribution < -0.4 is 5.73 Å². The molecule has 0 spiro atoms. The van der Waals surface area contributed by atoms with Crippen LogP contribution in [0.5, 0.6) is 0 Å². The first-order chi connectivity index (χ1) is 7.06. The van der Waals surface area contributed by atoms with Crippen LogP contribution in [0.2, 0.25) is 0 Å². The van der Waals surface area contributed by atoms with Crippen LogP contribution in [0, 0.1) is 5.92 Å². The molecule has 2 N–H and O–H groups in total. The molecule has 0 bridgehead atoms. The van der Waals surface area contributed by atoms with Crippen LogP contribution in [0.25, 0.3) is 0 Å². The lowest BCUT2D eigenvalue weighted by Gasteiger charge is -2.41. The van der Waals surface area contributed by atoms with Gasteiger partial charge >= 0.3 is 0 Å². The summed E-state index contributed by atoms with van der Waals surface area (Å²) in [5, 5.41) is 0. The topological polar surface area (TPSA) is 29.3 Å². The molecular weight excluding hydrogens is 184 g/mol. The minimum atomic E-state index is 0.394. The number of likely N-dealkylation sites (N-methyl/N-ethyl adjacent to an activating group) is 1. The van der Waals surface area contributed by atoms with E-state index in [0.717, 1.165) is 5.92 Å². The SMILES string of the molecule is CCCC(C)N(C)C1CC(C)CCC1N. The molecule has 4 unspecified atom stereocenters. The fourth-order valence-corrected chi connectivity index (χ4v) is 2.79. The van der Waals surface area contributed by atoms with Crippen LogP contribution in [0.1, 0.15) is 52.9 Å². The third-order valence-corrected chi connectivity index (χ3v) is 4.06. The first-order valence-corrected chi connectivity index (χ1v) is 6.53. The summed E-state index contributed by atoms with van der Waals surface area (Å²) in [6.45, 7) is 6.94. The lowest BCUT2D eigenvalue weighted by molar-refractivity contribution is 0.104. The van der Waals surface area contributed by atoms with E-state index in [0.29, 0.717) is 18.1 Å². The van der Waals surface area contributed by atoms with E-state index in [1.165, 1.54) is 32.1 Å².